The van der Waals surface area contributed by atoms with Crippen LogP contribution in [0.15, 0.2) is 47.4 Å². The van der Waals surface area contributed by atoms with E-state index in [0.29, 0.717) is 0 Å². The predicted molar refractivity (Wildman–Crippen MR) is 76.5 cm³/mol. The summed E-state index contributed by atoms with van der Waals surface area (Å²) in [4.78, 5) is 0.0315. The summed E-state index contributed by atoms with van der Waals surface area (Å²) in [7, 11) is -3.95. The molecule has 0 unspecified atom stereocenters. The molecule has 2 aromatic carbocycles. The lowest BCUT2D eigenvalue weighted by Crippen LogP contribution is -2.30. The van der Waals surface area contributed by atoms with Gasteiger partial charge < -0.3 is 5.11 Å². The first-order valence-corrected chi connectivity index (χ1v) is 7.33. The van der Waals surface area contributed by atoms with Crippen LogP contribution in [0.2, 0.25) is 0 Å². The second kappa shape index (κ2) is 5.25. The summed E-state index contributed by atoms with van der Waals surface area (Å²) >= 11 is 0. The van der Waals surface area contributed by atoms with Crippen LogP contribution in [0.3, 0.4) is 0 Å². The maximum absolute atomic E-state index is 12.0. The van der Waals surface area contributed by atoms with E-state index in [1.165, 1.54) is 19.1 Å². The van der Waals surface area contributed by atoms with E-state index in [0.717, 1.165) is 10.8 Å². The summed E-state index contributed by atoms with van der Waals surface area (Å²) in [6, 6.07) is 12.1. The lowest BCUT2D eigenvalue weighted by atomic mass is 10.1. The fourth-order valence-corrected chi connectivity index (χ4v) is 2.65. The summed E-state index contributed by atoms with van der Waals surface area (Å²) in [6.07, 6.45) is 5.07. The highest BCUT2D eigenvalue weighted by molar-refractivity contribution is 7.86. The van der Waals surface area contributed by atoms with E-state index in [1.54, 1.807) is 6.07 Å². The van der Waals surface area contributed by atoms with Crippen LogP contribution in [0, 0.1) is 12.3 Å². The van der Waals surface area contributed by atoms with Crippen LogP contribution in [0.1, 0.15) is 6.92 Å². The Bertz CT molecular complexity index is 770. The number of rotatable bonds is 4. The van der Waals surface area contributed by atoms with Crippen LogP contribution < -0.4 is 0 Å². The topological polar surface area (TPSA) is 63.6 Å². The van der Waals surface area contributed by atoms with E-state index in [1.807, 2.05) is 24.3 Å². The van der Waals surface area contributed by atoms with Gasteiger partial charge >= 0.3 is 0 Å². The van der Waals surface area contributed by atoms with Crippen LogP contribution in [0.5, 0.6) is 0 Å². The average Bonchev–Trinajstić information content (AvgIpc) is 2.45. The fourth-order valence-electron chi connectivity index (χ4n) is 1.62. The van der Waals surface area contributed by atoms with Crippen LogP contribution in [0.25, 0.3) is 10.8 Å². The van der Waals surface area contributed by atoms with Gasteiger partial charge in [-0.05, 0) is 29.8 Å². The van der Waals surface area contributed by atoms with Gasteiger partial charge in [-0.25, -0.2) is 0 Å². The number of terminal acetylenes is 1. The molecular weight excluding hydrogens is 276 g/mol. The van der Waals surface area contributed by atoms with E-state index in [-0.39, 0.29) is 4.90 Å². The molecule has 0 aliphatic heterocycles. The van der Waals surface area contributed by atoms with Gasteiger partial charge in [0.15, 0.2) is 0 Å². The Labute approximate surface area is 118 Å². The van der Waals surface area contributed by atoms with Crippen molar-refractivity contribution < 1.29 is 17.7 Å². The highest BCUT2D eigenvalue weighted by Gasteiger charge is 2.23. The Kier molecular flexibility index (Phi) is 3.82. The van der Waals surface area contributed by atoms with Crippen molar-refractivity contribution in [1.29, 1.82) is 0 Å². The molecule has 1 atom stereocenters. The van der Waals surface area contributed by atoms with Crippen molar-refractivity contribution in [3.05, 3.63) is 42.5 Å². The zero-order valence-corrected chi connectivity index (χ0v) is 11.7. The highest BCUT2D eigenvalue weighted by Crippen LogP contribution is 2.21. The molecule has 5 heteroatoms. The van der Waals surface area contributed by atoms with Crippen LogP contribution in [-0.2, 0) is 14.3 Å². The number of hydrogen-bond donors (Lipinski definition) is 1. The molecular formula is C15H14O4S. The Balaban J connectivity index is 2.30. The Morgan fingerprint density at radius 1 is 1.25 bits per heavy atom. The van der Waals surface area contributed by atoms with Gasteiger partial charge in [0.05, 0.1) is 4.90 Å². The normalized spacial score (nSPS) is 14.7. The molecule has 4 nitrogen and oxygen atoms in total. The standard InChI is InChI=1S/C15H14O4S/c1-3-15(2,16)11-19-20(17,18)14-9-8-12-6-4-5-7-13(12)10-14/h1,4-10,16H,11H2,2H3/t15-/m1/s1. The molecule has 0 bridgehead atoms. The van der Waals surface area contributed by atoms with Crippen LogP contribution in [0.4, 0.5) is 0 Å². The maximum Gasteiger partial charge on any atom is 0.297 e. The molecule has 1 N–H and O–H groups in total. The molecule has 0 aliphatic rings. The van der Waals surface area contributed by atoms with Crippen molar-refractivity contribution in [2.24, 2.45) is 0 Å². The number of aliphatic hydroxyl groups is 1. The summed E-state index contributed by atoms with van der Waals surface area (Å²) in [5, 5.41) is 11.3. The van der Waals surface area contributed by atoms with Gasteiger partial charge in [0.1, 0.15) is 12.2 Å². The third-order valence-corrected chi connectivity index (χ3v) is 4.08. The second-order valence-corrected chi connectivity index (χ2v) is 6.26. The zero-order valence-electron chi connectivity index (χ0n) is 10.9. The zero-order chi connectivity index (χ0) is 14.8. The quantitative estimate of drug-likeness (QED) is 0.690. The van der Waals surface area contributed by atoms with Gasteiger partial charge in [-0.1, -0.05) is 36.3 Å². The van der Waals surface area contributed by atoms with E-state index in [4.69, 9.17) is 10.6 Å². The molecule has 104 valence electrons. The first kappa shape index (κ1) is 14.5. The summed E-state index contributed by atoms with van der Waals surface area (Å²) in [6.45, 7) is 0.821. The van der Waals surface area contributed by atoms with Gasteiger partial charge in [-0.3, -0.25) is 4.18 Å². The van der Waals surface area contributed by atoms with Crippen molar-refractivity contribution >= 4 is 20.9 Å². The molecule has 0 spiro atoms. The Morgan fingerprint density at radius 2 is 1.90 bits per heavy atom. The van der Waals surface area contributed by atoms with Gasteiger partial charge in [0, 0.05) is 0 Å². The maximum atomic E-state index is 12.0. The summed E-state index contributed by atoms with van der Waals surface area (Å²) in [5.41, 5.74) is -1.62. The van der Waals surface area contributed by atoms with Crippen molar-refractivity contribution in [2.45, 2.75) is 17.4 Å². The van der Waals surface area contributed by atoms with E-state index >= 15 is 0 Å². The van der Waals surface area contributed by atoms with Crippen molar-refractivity contribution in [1.82, 2.24) is 0 Å². The van der Waals surface area contributed by atoms with Crippen molar-refractivity contribution in [3.63, 3.8) is 0 Å². The molecule has 0 saturated carbocycles. The number of hydrogen-bond acceptors (Lipinski definition) is 4. The minimum absolute atomic E-state index is 0.0315. The van der Waals surface area contributed by atoms with Crippen molar-refractivity contribution in [3.8, 4) is 12.3 Å². The van der Waals surface area contributed by atoms with E-state index in [2.05, 4.69) is 5.92 Å². The number of fused-ring (bicyclic) bond motifs is 1. The van der Waals surface area contributed by atoms with E-state index in [9.17, 15) is 13.5 Å². The largest absolute Gasteiger partial charge is 0.375 e. The molecule has 0 aromatic heterocycles. The minimum atomic E-state index is -3.95. The summed E-state index contributed by atoms with van der Waals surface area (Å²) < 4.78 is 28.9. The predicted octanol–water partition coefficient (Wildman–Crippen LogP) is 1.93. The van der Waals surface area contributed by atoms with Gasteiger partial charge in [0.25, 0.3) is 10.1 Å². The molecule has 0 saturated heterocycles. The van der Waals surface area contributed by atoms with Gasteiger partial charge in [-0.15, -0.1) is 6.42 Å². The molecule has 0 amide bonds. The smallest absolute Gasteiger partial charge is 0.297 e. The molecule has 20 heavy (non-hydrogen) atoms. The van der Waals surface area contributed by atoms with Crippen LogP contribution >= 0.6 is 0 Å². The number of benzene rings is 2. The highest BCUT2D eigenvalue weighted by atomic mass is 32.2. The SMILES string of the molecule is C#C[C@@](C)(O)COS(=O)(=O)c1ccc2ccccc2c1. The van der Waals surface area contributed by atoms with Crippen molar-refractivity contribution in [2.75, 3.05) is 6.61 Å². The Morgan fingerprint density at radius 3 is 2.55 bits per heavy atom. The molecule has 0 heterocycles. The third-order valence-electron chi connectivity index (χ3n) is 2.82. The van der Waals surface area contributed by atoms with Gasteiger partial charge in [-0.2, -0.15) is 8.42 Å². The van der Waals surface area contributed by atoms with Crippen LogP contribution in [-0.4, -0.2) is 25.7 Å². The first-order valence-electron chi connectivity index (χ1n) is 5.92. The molecule has 0 radical (unpaired) electrons. The monoisotopic (exact) mass is 290 g/mol. The average molecular weight is 290 g/mol. The molecule has 0 aliphatic carbocycles. The first-order chi connectivity index (χ1) is 9.34. The molecule has 2 rings (SSSR count). The lowest BCUT2D eigenvalue weighted by molar-refractivity contribution is 0.0657. The molecule has 0 fully saturated rings. The molecule has 2 aromatic rings. The summed E-state index contributed by atoms with van der Waals surface area (Å²) in [5.74, 6) is 2.06. The fraction of sp³-hybridized carbons (Fsp3) is 0.200. The Hall–Kier alpha value is -1.87. The lowest BCUT2D eigenvalue weighted by Gasteiger charge is -2.15. The van der Waals surface area contributed by atoms with E-state index < -0.39 is 22.3 Å². The minimum Gasteiger partial charge on any atom is -0.375 e. The second-order valence-electron chi connectivity index (χ2n) is 4.64. The third kappa shape index (κ3) is 3.17. The van der Waals surface area contributed by atoms with Gasteiger partial charge in [0.2, 0.25) is 0 Å².